The lowest BCUT2D eigenvalue weighted by Crippen LogP contribution is -2.39. The first kappa shape index (κ1) is 17.5. The van der Waals surface area contributed by atoms with Crippen molar-refractivity contribution in [2.45, 2.75) is 32.2 Å². The van der Waals surface area contributed by atoms with Crippen molar-refractivity contribution >= 4 is 22.5 Å². The molecule has 0 amide bonds. The van der Waals surface area contributed by atoms with Crippen molar-refractivity contribution in [2.75, 3.05) is 30.4 Å². The Balaban J connectivity index is 1.39. The van der Waals surface area contributed by atoms with Crippen LogP contribution in [0.4, 0.5) is 11.6 Å². The molecule has 6 heteroatoms. The van der Waals surface area contributed by atoms with Gasteiger partial charge in [-0.05, 0) is 49.6 Å². The minimum Gasteiger partial charge on any atom is -0.497 e. The van der Waals surface area contributed by atoms with Crippen LogP contribution in [0.3, 0.4) is 0 Å². The summed E-state index contributed by atoms with van der Waals surface area (Å²) in [6, 6.07) is 12.6. The molecule has 0 bridgehead atoms. The molecule has 3 aromatic rings. The highest BCUT2D eigenvalue weighted by Crippen LogP contribution is 2.23. The summed E-state index contributed by atoms with van der Waals surface area (Å²) < 4.78 is 5.28. The average molecular weight is 363 g/mol. The van der Waals surface area contributed by atoms with E-state index in [0.29, 0.717) is 6.04 Å². The summed E-state index contributed by atoms with van der Waals surface area (Å²) in [6.07, 6.45) is 4.74. The van der Waals surface area contributed by atoms with Gasteiger partial charge < -0.3 is 15.0 Å². The highest BCUT2D eigenvalue weighted by molar-refractivity contribution is 5.81. The van der Waals surface area contributed by atoms with Gasteiger partial charge in [-0.3, -0.25) is 0 Å². The van der Waals surface area contributed by atoms with Crippen molar-refractivity contribution in [3.8, 4) is 5.75 Å². The fourth-order valence-electron chi connectivity index (χ4n) is 3.53. The number of anilines is 2. The molecule has 27 heavy (non-hydrogen) atoms. The molecule has 1 aliphatic rings. The van der Waals surface area contributed by atoms with Gasteiger partial charge in [-0.15, -0.1) is 0 Å². The Hall–Kier alpha value is -2.89. The van der Waals surface area contributed by atoms with Crippen LogP contribution in [0.1, 0.15) is 25.5 Å². The normalized spacial score (nSPS) is 15.1. The lowest BCUT2D eigenvalue weighted by Gasteiger charge is -2.33. The molecule has 0 unspecified atom stereocenters. The monoisotopic (exact) mass is 363 g/mol. The highest BCUT2D eigenvalue weighted by atomic mass is 16.5. The number of nitrogens with one attached hydrogen (secondary N) is 1. The van der Waals surface area contributed by atoms with Gasteiger partial charge in [0.1, 0.15) is 23.7 Å². The van der Waals surface area contributed by atoms with Gasteiger partial charge in [0.2, 0.25) is 0 Å². The lowest BCUT2D eigenvalue weighted by molar-refractivity contribution is 0.415. The second-order valence-electron chi connectivity index (χ2n) is 6.88. The number of rotatable bonds is 5. The second-order valence-corrected chi connectivity index (χ2v) is 6.88. The third-order valence-electron chi connectivity index (χ3n) is 5.14. The summed E-state index contributed by atoms with van der Waals surface area (Å²) in [4.78, 5) is 15.8. The Morgan fingerprint density at radius 1 is 1.11 bits per heavy atom. The number of methoxy groups -OCH3 is 1. The molecule has 3 heterocycles. The van der Waals surface area contributed by atoms with Gasteiger partial charge in [0, 0.05) is 36.3 Å². The first-order chi connectivity index (χ1) is 13.2. The molecular weight excluding hydrogens is 338 g/mol. The Kier molecular flexibility index (Phi) is 5.05. The molecule has 1 saturated heterocycles. The van der Waals surface area contributed by atoms with Crippen LogP contribution in [-0.2, 0) is 6.42 Å². The van der Waals surface area contributed by atoms with E-state index in [-0.39, 0.29) is 0 Å². The summed E-state index contributed by atoms with van der Waals surface area (Å²) in [6.45, 7) is 4.10. The summed E-state index contributed by atoms with van der Waals surface area (Å²) in [5, 5.41) is 4.68. The van der Waals surface area contributed by atoms with Gasteiger partial charge in [0.25, 0.3) is 0 Å². The number of aryl methyl sites for hydroxylation is 1. The Morgan fingerprint density at radius 3 is 2.74 bits per heavy atom. The van der Waals surface area contributed by atoms with Crippen LogP contribution in [0, 0.1) is 0 Å². The number of pyridine rings is 1. The van der Waals surface area contributed by atoms with Crippen LogP contribution in [0.5, 0.6) is 5.75 Å². The fourth-order valence-corrected chi connectivity index (χ4v) is 3.53. The molecule has 1 aromatic carbocycles. The number of ether oxygens (including phenoxy) is 1. The third-order valence-corrected chi connectivity index (χ3v) is 5.14. The Bertz CT molecular complexity index is 921. The largest absolute Gasteiger partial charge is 0.497 e. The van der Waals surface area contributed by atoms with Crippen molar-refractivity contribution in [3.05, 3.63) is 48.4 Å². The van der Waals surface area contributed by atoms with E-state index in [4.69, 9.17) is 9.72 Å². The van der Waals surface area contributed by atoms with Crippen LogP contribution < -0.4 is 15.0 Å². The summed E-state index contributed by atoms with van der Waals surface area (Å²) >= 11 is 0. The first-order valence-corrected chi connectivity index (χ1v) is 9.52. The van der Waals surface area contributed by atoms with E-state index in [1.807, 2.05) is 24.3 Å². The lowest BCUT2D eigenvalue weighted by atomic mass is 10.0. The summed E-state index contributed by atoms with van der Waals surface area (Å²) in [5.74, 6) is 2.83. The number of aromatic nitrogens is 3. The molecule has 0 radical (unpaired) electrons. The summed E-state index contributed by atoms with van der Waals surface area (Å²) in [7, 11) is 1.68. The van der Waals surface area contributed by atoms with Crippen LogP contribution >= 0.6 is 0 Å². The summed E-state index contributed by atoms with van der Waals surface area (Å²) in [5.41, 5.74) is 2.07. The molecule has 4 rings (SSSR count). The van der Waals surface area contributed by atoms with Crippen LogP contribution in [0.25, 0.3) is 10.9 Å². The van der Waals surface area contributed by atoms with E-state index in [9.17, 15) is 0 Å². The predicted octanol–water partition coefficient (Wildman–Crippen LogP) is 3.68. The maximum atomic E-state index is 5.28. The van der Waals surface area contributed by atoms with Crippen molar-refractivity contribution < 1.29 is 4.74 Å². The molecule has 1 aliphatic heterocycles. The fraction of sp³-hybridized carbons (Fsp3) is 0.381. The van der Waals surface area contributed by atoms with E-state index < -0.39 is 0 Å². The zero-order chi connectivity index (χ0) is 18.6. The topological polar surface area (TPSA) is 63.2 Å². The van der Waals surface area contributed by atoms with Gasteiger partial charge in [-0.1, -0.05) is 6.92 Å². The Morgan fingerprint density at radius 2 is 1.96 bits per heavy atom. The SMILES string of the molecule is CCc1cc(N2CCC(Nc3ccc4cc(OC)ccc4n3)CC2)ncn1. The molecule has 0 aliphatic carbocycles. The molecule has 1 N–H and O–H groups in total. The first-order valence-electron chi connectivity index (χ1n) is 9.52. The van der Waals surface area contributed by atoms with Crippen molar-refractivity contribution in [2.24, 2.45) is 0 Å². The van der Waals surface area contributed by atoms with Gasteiger partial charge >= 0.3 is 0 Å². The smallest absolute Gasteiger partial charge is 0.132 e. The van der Waals surface area contributed by atoms with E-state index in [2.05, 4.69) is 39.2 Å². The third kappa shape index (κ3) is 3.94. The van der Waals surface area contributed by atoms with Gasteiger partial charge in [0.05, 0.1) is 12.6 Å². The van der Waals surface area contributed by atoms with E-state index in [1.54, 1.807) is 13.4 Å². The number of benzene rings is 1. The van der Waals surface area contributed by atoms with E-state index >= 15 is 0 Å². The minimum absolute atomic E-state index is 0.428. The second kappa shape index (κ2) is 7.78. The molecule has 0 saturated carbocycles. The van der Waals surface area contributed by atoms with Crippen LogP contribution in [-0.4, -0.2) is 41.2 Å². The zero-order valence-electron chi connectivity index (χ0n) is 15.9. The molecule has 140 valence electrons. The van der Waals surface area contributed by atoms with E-state index in [0.717, 1.165) is 66.3 Å². The standard InChI is InChI=1S/C21H25N5O/c1-3-16-13-21(23-14-22-16)26-10-8-17(9-11-26)24-20-7-4-15-12-18(27-2)5-6-19(15)25-20/h4-7,12-14,17H,3,8-11H2,1-2H3,(H,24,25). The molecule has 1 fully saturated rings. The Labute approximate surface area is 159 Å². The molecule has 2 aromatic heterocycles. The number of hydrogen-bond acceptors (Lipinski definition) is 6. The van der Waals surface area contributed by atoms with Crippen LogP contribution in [0.2, 0.25) is 0 Å². The van der Waals surface area contributed by atoms with Gasteiger partial charge in [0.15, 0.2) is 0 Å². The molecule has 0 atom stereocenters. The highest BCUT2D eigenvalue weighted by Gasteiger charge is 2.20. The van der Waals surface area contributed by atoms with Crippen LogP contribution in [0.15, 0.2) is 42.7 Å². The van der Waals surface area contributed by atoms with Gasteiger partial charge in [-0.25, -0.2) is 15.0 Å². The van der Waals surface area contributed by atoms with Crippen molar-refractivity contribution in [1.82, 2.24) is 15.0 Å². The van der Waals surface area contributed by atoms with Crippen molar-refractivity contribution in [3.63, 3.8) is 0 Å². The number of piperidine rings is 1. The maximum absolute atomic E-state index is 5.28. The van der Waals surface area contributed by atoms with Crippen molar-refractivity contribution in [1.29, 1.82) is 0 Å². The van der Waals surface area contributed by atoms with Gasteiger partial charge in [-0.2, -0.15) is 0 Å². The maximum Gasteiger partial charge on any atom is 0.132 e. The molecule has 0 spiro atoms. The minimum atomic E-state index is 0.428. The quantitative estimate of drug-likeness (QED) is 0.746. The molecule has 6 nitrogen and oxygen atoms in total. The average Bonchev–Trinajstić information content (AvgIpc) is 2.74. The van der Waals surface area contributed by atoms with E-state index in [1.165, 1.54) is 0 Å². The molecular formula is C21H25N5O. The predicted molar refractivity (Wildman–Crippen MR) is 109 cm³/mol. The number of hydrogen-bond donors (Lipinski definition) is 1. The zero-order valence-corrected chi connectivity index (χ0v) is 15.9. The number of fused-ring (bicyclic) bond motifs is 1. The number of nitrogens with zero attached hydrogens (tertiary/aromatic N) is 4.